The van der Waals surface area contributed by atoms with Gasteiger partial charge in [-0.15, -0.1) is 12.4 Å². The number of nitrogens with zero attached hydrogens (tertiary/aromatic N) is 1. The summed E-state index contributed by atoms with van der Waals surface area (Å²) in [6.07, 6.45) is 1.07. The predicted octanol–water partition coefficient (Wildman–Crippen LogP) is 1.74. The molecule has 1 aromatic rings. The molecule has 1 N–H and O–H groups in total. The third-order valence-electron chi connectivity index (χ3n) is 4.16. The van der Waals surface area contributed by atoms with Gasteiger partial charge in [-0.25, -0.2) is 8.78 Å². The lowest BCUT2D eigenvalue weighted by molar-refractivity contribution is -0.138. The van der Waals surface area contributed by atoms with Gasteiger partial charge < -0.3 is 19.7 Å². The fourth-order valence-electron chi connectivity index (χ4n) is 2.89. The quantitative estimate of drug-likeness (QED) is 0.890. The Kier molecular flexibility index (Phi) is 6.77. The molecule has 0 spiro atoms. The number of halogens is 3. The monoisotopic (exact) mass is 362 g/mol. The van der Waals surface area contributed by atoms with E-state index in [1.54, 1.807) is 4.90 Å². The third kappa shape index (κ3) is 4.55. The van der Waals surface area contributed by atoms with Gasteiger partial charge in [0.15, 0.2) is 11.6 Å². The Morgan fingerprint density at radius 1 is 1.29 bits per heavy atom. The number of amides is 1. The molecule has 0 saturated carbocycles. The molecule has 2 saturated heterocycles. The number of hydrogen-bond acceptors (Lipinski definition) is 4. The van der Waals surface area contributed by atoms with Crippen LogP contribution in [0, 0.1) is 11.6 Å². The molecule has 1 amide bonds. The van der Waals surface area contributed by atoms with Crippen molar-refractivity contribution in [2.75, 3.05) is 32.8 Å². The molecule has 1 unspecified atom stereocenters. The van der Waals surface area contributed by atoms with Crippen LogP contribution in [-0.4, -0.2) is 55.8 Å². The molecule has 2 fully saturated rings. The molecule has 3 rings (SSSR count). The topological polar surface area (TPSA) is 50.8 Å². The van der Waals surface area contributed by atoms with Gasteiger partial charge >= 0.3 is 0 Å². The van der Waals surface area contributed by atoms with E-state index in [4.69, 9.17) is 9.47 Å². The number of piperidine rings is 1. The largest absolute Gasteiger partial charge is 0.487 e. The standard InChI is InChI=1S/C16H20F2N2O3.ClH/c17-11-1-2-15(13(18)9-11)23-12-3-6-20(7-4-12)16(21)14-10-22-8-5-19-14;/h1-2,9,12,14,19H,3-8,10H2;1H. The van der Waals surface area contributed by atoms with Crippen LogP contribution in [0.4, 0.5) is 8.78 Å². The summed E-state index contributed by atoms with van der Waals surface area (Å²) in [5, 5.41) is 3.15. The molecular weight excluding hydrogens is 342 g/mol. The lowest BCUT2D eigenvalue weighted by atomic mass is 10.1. The van der Waals surface area contributed by atoms with Gasteiger partial charge in [-0.1, -0.05) is 0 Å². The van der Waals surface area contributed by atoms with Gasteiger partial charge in [0.2, 0.25) is 5.91 Å². The summed E-state index contributed by atoms with van der Waals surface area (Å²) in [5.41, 5.74) is 0. The van der Waals surface area contributed by atoms with Crippen molar-refractivity contribution in [2.24, 2.45) is 0 Å². The minimum absolute atomic E-state index is 0. The first-order chi connectivity index (χ1) is 11.1. The molecule has 2 aliphatic rings. The van der Waals surface area contributed by atoms with Gasteiger partial charge in [-0.2, -0.15) is 0 Å². The van der Waals surface area contributed by atoms with Crippen LogP contribution in [0.5, 0.6) is 5.75 Å². The van der Waals surface area contributed by atoms with E-state index in [2.05, 4.69) is 5.32 Å². The highest BCUT2D eigenvalue weighted by Gasteiger charge is 2.30. The van der Waals surface area contributed by atoms with E-state index in [1.807, 2.05) is 0 Å². The molecule has 8 heteroatoms. The number of ether oxygens (including phenoxy) is 2. The van der Waals surface area contributed by atoms with Crippen molar-refractivity contribution in [3.63, 3.8) is 0 Å². The summed E-state index contributed by atoms with van der Waals surface area (Å²) >= 11 is 0. The van der Waals surface area contributed by atoms with Crippen LogP contribution in [0.1, 0.15) is 12.8 Å². The van der Waals surface area contributed by atoms with E-state index in [0.717, 1.165) is 6.07 Å². The molecule has 1 atom stereocenters. The molecule has 24 heavy (non-hydrogen) atoms. The molecule has 0 aromatic heterocycles. The van der Waals surface area contributed by atoms with Gasteiger partial charge in [-0.3, -0.25) is 4.79 Å². The Morgan fingerprint density at radius 3 is 2.67 bits per heavy atom. The second kappa shape index (κ2) is 8.60. The first kappa shape index (κ1) is 18.9. The van der Waals surface area contributed by atoms with Gasteiger partial charge in [0.1, 0.15) is 18.0 Å². The van der Waals surface area contributed by atoms with Crippen molar-refractivity contribution in [3.8, 4) is 5.75 Å². The Hall–Kier alpha value is -1.44. The van der Waals surface area contributed by atoms with Crippen LogP contribution < -0.4 is 10.1 Å². The zero-order valence-electron chi connectivity index (χ0n) is 13.2. The van der Waals surface area contributed by atoms with Crippen LogP contribution in [-0.2, 0) is 9.53 Å². The van der Waals surface area contributed by atoms with Crippen molar-refractivity contribution in [1.82, 2.24) is 10.2 Å². The van der Waals surface area contributed by atoms with Gasteiger partial charge in [0, 0.05) is 38.5 Å². The van der Waals surface area contributed by atoms with E-state index >= 15 is 0 Å². The number of likely N-dealkylation sites (tertiary alicyclic amines) is 1. The average molecular weight is 363 g/mol. The number of nitrogens with one attached hydrogen (secondary N) is 1. The summed E-state index contributed by atoms with van der Waals surface area (Å²) in [7, 11) is 0. The fourth-order valence-corrected chi connectivity index (χ4v) is 2.89. The number of carbonyl (C=O) groups is 1. The maximum Gasteiger partial charge on any atom is 0.242 e. The van der Waals surface area contributed by atoms with Gasteiger partial charge in [0.25, 0.3) is 0 Å². The van der Waals surface area contributed by atoms with E-state index in [9.17, 15) is 13.6 Å². The Bertz CT molecular complexity index is 562. The van der Waals surface area contributed by atoms with Crippen LogP contribution in [0.15, 0.2) is 18.2 Å². The molecular formula is C16H21ClF2N2O3. The minimum Gasteiger partial charge on any atom is -0.487 e. The van der Waals surface area contributed by atoms with E-state index in [-0.39, 0.29) is 36.2 Å². The number of carbonyl (C=O) groups excluding carboxylic acids is 1. The maximum absolute atomic E-state index is 13.6. The molecule has 0 aliphatic carbocycles. The van der Waals surface area contributed by atoms with Crippen LogP contribution in [0.3, 0.4) is 0 Å². The Morgan fingerprint density at radius 2 is 2.04 bits per heavy atom. The zero-order chi connectivity index (χ0) is 16.2. The summed E-state index contributed by atoms with van der Waals surface area (Å²) in [6.45, 7) is 2.83. The van der Waals surface area contributed by atoms with E-state index in [0.29, 0.717) is 45.7 Å². The smallest absolute Gasteiger partial charge is 0.242 e. The third-order valence-corrected chi connectivity index (χ3v) is 4.16. The average Bonchev–Trinajstić information content (AvgIpc) is 2.58. The molecule has 0 radical (unpaired) electrons. The summed E-state index contributed by atoms with van der Waals surface area (Å²) < 4.78 is 37.4. The number of rotatable bonds is 3. The second-order valence-electron chi connectivity index (χ2n) is 5.80. The van der Waals surface area contributed by atoms with Crippen molar-refractivity contribution < 1.29 is 23.0 Å². The molecule has 1 aromatic carbocycles. The molecule has 0 bridgehead atoms. The SMILES string of the molecule is Cl.O=C(C1COCCN1)N1CCC(Oc2ccc(F)cc2F)CC1. The Balaban J connectivity index is 0.00000208. The lowest BCUT2D eigenvalue weighted by Crippen LogP contribution is -2.54. The Labute approximate surface area is 145 Å². The molecule has 5 nitrogen and oxygen atoms in total. The first-order valence-electron chi connectivity index (χ1n) is 7.85. The normalized spacial score (nSPS) is 21.9. The maximum atomic E-state index is 13.6. The number of hydrogen-bond donors (Lipinski definition) is 1. The lowest BCUT2D eigenvalue weighted by Gasteiger charge is -2.35. The van der Waals surface area contributed by atoms with E-state index < -0.39 is 11.6 Å². The van der Waals surface area contributed by atoms with Gasteiger partial charge in [0.05, 0.1) is 13.2 Å². The summed E-state index contributed by atoms with van der Waals surface area (Å²) in [4.78, 5) is 14.1. The van der Waals surface area contributed by atoms with Crippen LogP contribution >= 0.6 is 12.4 Å². The summed E-state index contributed by atoms with van der Waals surface area (Å²) in [6, 6.07) is 3.00. The minimum atomic E-state index is -0.702. The van der Waals surface area contributed by atoms with Crippen molar-refractivity contribution in [2.45, 2.75) is 25.0 Å². The first-order valence-corrected chi connectivity index (χ1v) is 7.85. The predicted molar refractivity (Wildman–Crippen MR) is 86.4 cm³/mol. The van der Waals surface area contributed by atoms with Crippen molar-refractivity contribution >= 4 is 18.3 Å². The van der Waals surface area contributed by atoms with Crippen LogP contribution in [0.25, 0.3) is 0 Å². The van der Waals surface area contributed by atoms with Crippen LogP contribution in [0.2, 0.25) is 0 Å². The highest BCUT2D eigenvalue weighted by Crippen LogP contribution is 2.23. The summed E-state index contributed by atoms with van der Waals surface area (Å²) in [5.74, 6) is -1.24. The highest BCUT2D eigenvalue weighted by molar-refractivity contribution is 5.85. The van der Waals surface area contributed by atoms with Crippen molar-refractivity contribution in [3.05, 3.63) is 29.8 Å². The molecule has 134 valence electrons. The fraction of sp³-hybridized carbons (Fsp3) is 0.562. The second-order valence-corrected chi connectivity index (χ2v) is 5.80. The van der Waals surface area contributed by atoms with E-state index in [1.165, 1.54) is 12.1 Å². The van der Waals surface area contributed by atoms with Crippen molar-refractivity contribution in [1.29, 1.82) is 0 Å². The highest BCUT2D eigenvalue weighted by atomic mass is 35.5. The number of morpholine rings is 1. The molecule has 2 heterocycles. The zero-order valence-corrected chi connectivity index (χ0v) is 14.0. The number of benzene rings is 1. The molecule has 2 aliphatic heterocycles. The van der Waals surface area contributed by atoms with Gasteiger partial charge in [-0.05, 0) is 12.1 Å².